The smallest absolute Gasteiger partial charge is 0.244 e. The molecule has 144 valence electrons. The number of carbonyl (C=O) groups is 2. The molecule has 27 heavy (non-hydrogen) atoms. The first kappa shape index (κ1) is 18.8. The summed E-state index contributed by atoms with van der Waals surface area (Å²) < 4.78 is 12.1. The number of rotatable bonds is 7. The average Bonchev–Trinajstić information content (AvgIpc) is 3.20. The van der Waals surface area contributed by atoms with Gasteiger partial charge in [0.2, 0.25) is 11.8 Å². The zero-order valence-electron chi connectivity index (χ0n) is 15.2. The number of benzene rings is 1. The van der Waals surface area contributed by atoms with Crippen LogP contribution in [0.5, 0.6) is 5.75 Å². The molecular formula is C18H23N5O4. The highest BCUT2D eigenvalue weighted by molar-refractivity contribution is 5.80. The molecule has 1 aliphatic rings. The van der Waals surface area contributed by atoms with Gasteiger partial charge < -0.3 is 19.7 Å². The maximum absolute atomic E-state index is 12.5. The van der Waals surface area contributed by atoms with Gasteiger partial charge in [0.05, 0.1) is 26.4 Å². The average molecular weight is 373 g/mol. The van der Waals surface area contributed by atoms with Gasteiger partial charge in [0.25, 0.3) is 0 Å². The van der Waals surface area contributed by atoms with E-state index in [9.17, 15) is 9.59 Å². The Morgan fingerprint density at radius 3 is 3.07 bits per heavy atom. The lowest BCUT2D eigenvalue weighted by molar-refractivity contribution is -0.142. The van der Waals surface area contributed by atoms with Crippen LogP contribution < -0.4 is 10.1 Å². The molecule has 1 saturated heterocycles. The molecule has 3 rings (SSSR count). The van der Waals surface area contributed by atoms with Crippen molar-refractivity contribution in [2.45, 2.75) is 25.6 Å². The van der Waals surface area contributed by atoms with Crippen LogP contribution >= 0.6 is 0 Å². The van der Waals surface area contributed by atoms with Crippen molar-refractivity contribution in [3.8, 4) is 5.75 Å². The van der Waals surface area contributed by atoms with Crippen LogP contribution in [-0.4, -0.2) is 64.4 Å². The summed E-state index contributed by atoms with van der Waals surface area (Å²) in [6, 6.07) is 7.22. The summed E-state index contributed by atoms with van der Waals surface area (Å²) in [5, 5.41) is 6.84. The van der Waals surface area contributed by atoms with Gasteiger partial charge >= 0.3 is 0 Å². The van der Waals surface area contributed by atoms with Gasteiger partial charge in [-0.05, 0) is 17.7 Å². The Hall–Kier alpha value is -2.94. The molecule has 1 aromatic heterocycles. The highest BCUT2D eigenvalue weighted by atomic mass is 16.5. The Labute approximate surface area is 157 Å². The van der Waals surface area contributed by atoms with Gasteiger partial charge in [0, 0.05) is 19.5 Å². The van der Waals surface area contributed by atoms with E-state index in [0.29, 0.717) is 26.3 Å². The number of morpholine rings is 1. The highest BCUT2D eigenvalue weighted by Gasteiger charge is 2.29. The summed E-state index contributed by atoms with van der Waals surface area (Å²) in [5.74, 6) is 0.508. The number of amides is 2. The molecule has 0 saturated carbocycles. The zero-order valence-corrected chi connectivity index (χ0v) is 15.2. The lowest BCUT2D eigenvalue weighted by Crippen LogP contribution is -2.51. The lowest BCUT2D eigenvalue weighted by atomic mass is 10.1. The predicted octanol–water partition coefficient (Wildman–Crippen LogP) is 0.221. The minimum Gasteiger partial charge on any atom is -0.497 e. The highest BCUT2D eigenvalue weighted by Crippen LogP contribution is 2.14. The zero-order chi connectivity index (χ0) is 19.1. The van der Waals surface area contributed by atoms with Crippen molar-refractivity contribution >= 4 is 11.8 Å². The minimum absolute atomic E-state index is 0.0991. The second kappa shape index (κ2) is 9.13. The number of hydrogen-bond donors (Lipinski definition) is 1. The van der Waals surface area contributed by atoms with Crippen LogP contribution in [0.2, 0.25) is 0 Å². The SMILES string of the molecule is COc1cccc(CNC(=O)CC2COCCN2C(=O)Cn2cncn2)c1. The van der Waals surface area contributed by atoms with E-state index in [1.54, 1.807) is 12.0 Å². The fourth-order valence-corrected chi connectivity index (χ4v) is 2.97. The molecule has 1 unspecified atom stereocenters. The van der Waals surface area contributed by atoms with Crippen LogP contribution in [-0.2, 0) is 27.4 Å². The van der Waals surface area contributed by atoms with Gasteiger partial charge in [0.1, 0.15) is 24.9 Å². The van der Waals surface area contributed by atoms with E-state index < -0.39 is 0 Å². The van der Waals surface area contributed by atoms with Crippen LogP contribution in [0.3, 0.4) is 0 Å². The van der Waals surface area contributed by atoms with Crippen molar-refractivity contribution < 1.29 is 19.1 Å². The predicted molar refractivity (Wildman–Crippen MR) is 95.8 cm³/mol. The molecule has 9 nitrogen and oxygen atoms in total. The van der Waals surface area contributed by atoms with Crippen molar-refractivity contribution in [2.75, 3.05) is 26.9 Å². The number of nitrogens with zero attached hydrogens (tertiary/aromatic N) is 4. The van der Waals surface area contributed by atoms with E-state index >= 15 is 0 Å². The lowest BCUT2D eigenvalue weighted by Gasteiger charge is -2.35. The van der Waals surface area contributed by atoms with Gasteiger partial charge in [-0.15, -0.1) is 0 Å². The standard InChI is InChI=1S/C18H23N5O4/c1-26-16-4-2-3-14(7-16)9-20-17(24)8-15-11-27-6-5-23(15)18(25)10-22-13-19-12-21-22/h2-4,7,12-13,15H,5-6,8-11H2,1H3,(H,20,24). The van der Waals surface area contributed by atoms with Crippen molar-refractivity contribution in [2.24, 2.45) is 0 Å². The molecule has 2 amide bonds. The monoisotopic (exact) mass is 373 g/mol. The van der Waals surface area contributed by atoms with Crippen LogP contribution in [0.1, 0.15) is 12.0 Å². The molecule has 1 atom stereocenters. The number of ether oxygens (including phenoxy) is 2. The second-order valence-corrected chi connectivity index (χ2v) is 6.24. The number of methoxy groups -OCH3 is 1. The molecule has 0 spiro atoms. The Bertz CT molecular complexity index is 765. The van der Waals surface area contributed by atoms with Crippen LogP contribution in [0.4, 0.5) is 0 Å². The summed E-state index contributed by atoms with van der Waals surface area (Å²) in [4.78, 5) is 30.4. The summed E-state index contributed by atoms with van der Waals surface area (Å²) in [6.07, 6.45) is 3.07. The molecule has 2 heterocycles. The Morgan fingerprint density at radius 2 is 2.30 bits per heavy atom. The number of aromatic nitrogens is 3. The molecule has 1 aliphatic heterocycles. The van der Waals surface area contributed by atoms with Crippen LogP contribution in [0.25, 0.3) is 0 Å². The maximum Gasteiger partial charge on any atom is 0.244 e. The fourth-order valence-electron chi connectivity index (χ4n) is 2.97. The molecule has 1 aromatic carbocycles. The molecule has 1 N–H and O–H groups in total. The molecule has 9 heteroatoms. The number of nitrogens with one attached hydrogen (secondary N) is 1. The van der Waals surface area contributed by atoms with E-state index in [1.807, 2.05) is 24.3 Å². The maximum atomic E-state index is 12.5. The third kappa shape index (κ3) is 5.27. The van der Waals surface area contributed by atoms with Gasteiger partial charge in [-0.1, -0.05) is 12.1 Å². The second-order valence-electron chi connectivity index (χ2n) is 6.24. The van der Waals surface area contributed by atoms with E-state index in [-0.39, 0.29) is 30.8 Å². The molecule has 0 bridgehead atoms. The van der Waals surface area contributed by atoms with E-state index in [2.05, 4.69) is 15.4 Å². The third-order valence-electron chi connectivity index (χ3n) is 4.36. The first-order chi connectivity index (χ1) is 13.2. The topological polar surface area (TPSA) is 98.6 Å². The third-order valence-corrected chi connectivity index (χ3v) is 4.36. The van der Waals surface area contributed by atoms with Crippen molar-refractivity contribution in [1.82, 2.24) is 25.0 Å². The Kier molecular flexibility index (Phi) is 6.37. The minimum atomic E-state index is -0.292. The van der Waals surface area contributed by atoms with Gasteiger partial charge in [0.15, 0.2) is 0 Å². The molecule has 1 fully saturated rings. The summed E-state index contributed by atoms with van der Waals surface area (Å²) >= 11 is 0. The van der Waals surface area contributed by atoms with Crippen molar-refractivity contribution in [3.05, 3.63) is 42.5 Å². The van der Waals surface area contributed by atoms with E-state index in [4.69, 9.17) is 9.47 Å². The largest absolute Gasteiger partial charge is 0.497 e. The quantitative estimate of drug-likeness (QED) is 0.746. The van der Waals surface area contributed by atoms with Gasteiger partial charge in [-0.3, -0.25) is 9.59 Å². The fraction of sp³-hybridized carbons (Fsp3) is 0.444. The van der Waals surface area contributed by atoms with Crippen molar-refractivity contribution in [3.63, 3.8) is 0 Å². The normalized spacial score (nSPS) is 16.8. The molecule has 0 aliphatic carbocycles. The summed E-state index contributed by atoms with van der Waals surface area (Å²) in [5.41, 5.74) is 0.946. The van der Waals surface area contributed by atoms with Crippen LogP contribution in [0.15, 0.2) is 36.9 Å². The number of hydrogen-bond acceptors (Lipinski definition) is 6. The van der Waals surface area contributed by atoms with Gasteiger partial charge in [-0.25, -0.2) is 9.67 Å². The Balaban J connectivity index is 1.53. The van der Waals surface area contributed by atoms with Crippen molar-refractivity contribution in [1.29, 1.82) is 0 Å². The first-order valence-electron chi connectivity index (χ1n) is 8.75. The first-order valence-corrected chi connectivity index (χ1v) is 8.75. The summed E-state index contributed by atoms with van der Waals surface area (Å²) in [6.45, 7) is 1.76. The van der Waals surface area contributed by atoms with Crippen LogP contribution in [0, 0.1) is 0 Å². The Morgan fingerprint density at radius 1 is 1.41 bits per heavy atom. The summed E-state index contributed by atoms with van der Waals surface area (Å²) in [7, 11) is 1.60. The van der Waals surface area contributed by atoms with E-state index in [1.165, 1.54) is 17.3 Å². The number of carbonyl (C=O) groups excluding carboxylic acids is 2. The molecular weight excluding hydrogens is 350 g/mol. The molecule has 0 radical (unpaired) electrons. The van der Waals surface area contributed by atoms with Gasteiger partial charge in [-0.2, -0.15) is 5.10 Å². The van der Waals surface area contributed by atoms with E-state index in [0.717, 1.165) is 11.3 Å². The molecule has 2 aromatic rings.